The minimum Gasteiger partial charge on any atom is -0.360 e. The van der Waals surface area contributed by atoms with E-state index in [1.54, 1.807) is 25.3 Å². The highest BCUT2D eigenvalue weighted by Crippen LogP contribution is 2.25. The molecule has 1 heterocycles. The van der Waals surface area contributed by atoms with Gasteiger partial charge in [0.1, 0.15) is 5.82 Å². The van der Waals surface area contributed by atoms with E-state index in [1.807, 2.05) is 25.1 Å². The van der Waals surface area contributed by atoms with E-state index in [4.69, 9.17) is 0 Å². The molecule has 20 heavy (non-hydrogen) atoms. The predicted molar refractivity (Wildman–Crippen MR) is 77.6 cm³/mol. The van der Waals surface area contributed by atoms with Crippen LogP contribution in [0.5, 0.6) is 0 Å². The zero-order valence-electron chi connectivity index (χ0n) is 11.3. The van der Waals surface area contributed by atoms with E-state index in [-0.39, 0.29) is 11.3 Å². The minimum absolute atomic E-state index is 0.120. The summed E-state index contributed by atoms with van der Waals surface area (Å²) in [4.78, 5) is 15.7. The molecule has 0 saturated carbocycles. The molecular formula is C17H14FNO. The Bertz CT molecular complexity index is 817. The molecule has 0 unspecified atom stereocenters. The Morgan fingerprint density at radius 3 is 2.50 bits per heavy atom. The minimum atomic E-state index is -0.444. The molecule has 3 heteroatoms. The number of aromatic amines is 1. The van der Waals surface area contributed by atoms with Gasteiger partial charge in [-0.15, -0.1) is 0 Å². The van der Waals surface area contributed by atoms with Crippen molar-refractivity contribution in [2.75, 3.05) is 0 Å². The molecule has 1 N–H and O–H groups in total. The number of aromatic nitrogens is 1. The maximum absolute atomic E-state index is 14.1. The number of halogens is 1. The van der Waals surface area contributed by atoms with Gasteiger partial charge >= 0.3 is 0 Å². The van der Waals surface area contributed by atoms with Crippen molar-refractivity contribution in [1.29, 1.82) is 0 Å². The lowest BCUT2D eigenvalue weighted by Crippen LogP contribution is -2.05. The van der Waals surface area contributed by atoms with Crippen LogP contribution in [0, 0.1) is 19.7 Å². The largest absolute Gasteiger partial charge is 0.360 e. The first-order chi connectivity index (χ1) is 9.59. The highest BCUT2D eigenvalue weighted by Gasteiger charge is 2.19. The average Bonchev–Trinajstić information content (AvgIpc) is 2.86. The third-order valence-electron chi connectivity index (χ3n) is 3.60. The lowest BCUT2D eigenvalue weighted by molar-refractivity contribution is 0.103. The quantitative estimate of drug-likeness (QED) is 0.695. The van der Waals surface area contributed by atoms with Crippen LogP contribution in [-0.2, 0) is 0 Å². The van der Waals surface area contributed by atoms with Crippen molar-refractivity contribution < 1.29 is 9.18 Å². The van der Waals surface area contributed by atoms with Crippen LogP contribution < -0.4 is 0 Å². The van der Waals surface area contributed by atoms with E-state index in [0.29, 0.717) is 11.1 Å². The molecule has 0 spiro atoms. The van der Waals surface area contributed by atoms with Crippen LogP contribution in [0.2, 0.25) is 0 Å². The van der Waals surface area contributed by atoms with E-state index < -0.39 is 5.82 Å². The van der Waals surface area contributed by atoms with Crippen molar-refractivity contribution in [3.8, 4) is 0 Å². The van der Waals surface area contributed by atoms with Crippen molar-refractivity contribution in [2.24, 2.45) is 0 Å². The highest BCUT2D eigenvalue weighted by molar-refractivity contribution is 6.17. The lowest BCUT2D eigenvalue weighted by Gasteiger charge is -2.05. The summed E-state index contributed by atoms with van der Waals surface area (Å²) in [5.41, 5.74) is 3.01. The maximum Gasteiger partial charge on any atom is 0.198 e. The van der Waals surface area contributed by atoms with Gasteiger partial charge in [-0.3, -0.25) is 4.79 Å². The zero-order chi connectivity index (χ0) is 14.3. The summed E-state index contributed by atoms with van der Waals surface area (Å²) in [6.07, 6.45) is 1.65. The summed E-state index contributed by atoms with van der Waals surface area (Å²) < 4.78 is 14.1. The van der Waals surface area contributed by atoms with Crippen LogP contribution in [0.1, 0.15) is 27.0 Å². The molecule has 0 saturated heterocycles. The van der Waals surface area contributed by atoms with Crippen LogP contribution >= 0.6 is 0 Å². The molecule has 100 valence electrons. The number of benzene rings is 2. The van der Waals surface area contributed by atoms with Gasteiger partial charge in [-0.05, 0) is 37.1 Å². The summed E-state index contributed by atoms with van der Waals surface area (Å²) in [5, 5.41) is 0.860. The second kappa shape index (κ2) is 4.60. The second-order valence-corrected chi connectivity index (χ2v) is 4.97. The summed E-state index contributed by atoms with van der Waals surface area (Å²) in [7, 11) is 0. The molecule has 0 fully saturated rings. The number of carbonyl (C=O) groups excluding carboxylic acids is 1. The van der Waals surface area contributed by atoms with Crippen LogP contribution in [0.25, 0.3) is 10.9 Å². The molecule has 3 aromatic rings. The van der Waals surface area contributed by atoms with Gasteiger partial charge in [0.2, 0.25) is 0 Å². The number of H-pyrrole nitrogens is 1. The van der Waals surface area contributed by atoms with Gasteiger partial charge in [-0.1, -0.05) is 24.3 Å². The van der Waals surface area contributed by atoms with Crippen molar-refractivity contribution in [2.45, 2.75) is 13.8 Å². The lowest BCUT2D eigenvalue weighted by atomic mass is 9.98. The molecule has 0 aliphatic rings. The SMILES string of the molecule is Cc1cccc(C(=O)c2c[nH]c3cccc(C)c23)c1F. The van der Waals surface area contributed by atoms with Crippen LogP contribution in [0.4, 0.5) is 4.39 Å². The molecule has 0 amide bonds. The highest BCUT2D eigenvalue weighted by atomic mass is 19.1. The van der Waals surface area contributed by atoms with Gasteiger partial charge in [0.15, 0.2) is 5.78 Å². The Morgan fingerprint density at radius 2 is 1.70 bits per heavy atom. The number of hydrogen-bond acceptors (Lipinski definition) is 1. The molecule has 0 atom stereocenters. The molecule has 2 nitrogen and oxygen atoms in total. The number of fused-ring (bicyclic) bond motifs is 1. The number of ketones is 1. The standard InChI is InChI=1S/C17H14FNO/c1-10-5-4-8-14-15(10)13(9-19-14)17(20)12-7-3-6-11(2)16(12)18/h3-9,19H,1-2H3. The summed E-state index contributed by atoms with van der Waals surface area (Å²) >= 11 is 0. The normalized spacial score (nSPS) is 10.9. The number of nitrogens with one attached hydrogen (secondary N) is 1. The monoisotopic (exact) mass is 267 g/mol. The number of aryl methyl sites for hydroxylation is 2. The van der Waals surface area contributed by atoms with E-state index in [9.17, 15) is 9.18 Å². The van der Waals surface area contributed by atoms with Crippen molar-refractivity contribution >= 4 is 16.7 Å². The third kappa shape index (κ3) is 1.83. The molecule has 0 bridgehead atoms. The van der Waals surface area contributed by atoms with Gasteiger partial charge in [-0.2, -0.15) is 0 Å². The summed E-state index contributed by atoms with van der Waals surface area (Å²) in [6.45, 7) is 3.60. The molecule has 0 aliphatic carbocycles. The Hall–Kier alpha value is -2.42. The van der Waals surface area contributed by atoms with E-state index in [0.717, 1.165) is 16.5 Å². The number of carbonyl (C=O) groups is 1. The molecule has 0 aliphatic heterocycles. The molecule has 1 aromatic heterocycles. The van der Waals surface area contributed by atoms with Crippen LogP contribution in [0.3, 0.4) is 0 Å². The predicted octanol–water partition coefficient (Wildman–Crippen LogP) is 4.15. The number of rotatable bonds is 2. The van der Waals surface area contributed by atoms with Crippen molar-refractivity contribution in [3.05, 3.63) is 70.7 Å². The van der Waals surface area contributed by atoms with Gasteiger partial charge in [0, 0.05) is 22.7 Å². The fraction of sp³-hybridized carbons (Fsp3) is 0.118. The first-order valence-electron chi connectivity index (χ1n) is 6.46. The van der Waals surface area contributed by atoms with Crippen molar-refractivity contribution in [1.82, 2.24) is 4.98 Å². The van der Waals surface area contributed by atoms with Gasteiger partial charge in [0.25, 0.3) is 0 Å². The molecule has 2 aromatic carbocycles. The Labute approximate surface area is 116 Å². The van der Waals surface area contributed by atoms with Gasteiger partial charge in [0.05, 0.1) is 5.56 Å². The van der Waals surface area contributed by atoms with E-state index >= 15 is 0 Å². The van der Waals surface area contributed by atoms with Gasteiger partial charge in [-0.25, -0.2) is 4.39 Å². The van der Waals surface area contributed by atoms with Crippen LogP contribution in [-0.4, -0.2) is 10.8 Å². The maximum atomic E-state index is 14.1. The summed E-state index contributed by atoms with van der Waals surface area (Å²) in [6, 6.07) is 10.7. The molecule has 3 rings (SSSR count). The molecule has 0 radical (unpaired) electrons. The van der Waals surface area contributed by atoms with E-state index in [1.165, 1.54) is 6.07 Å². The Kier molecular flexibility index (Phi) is 2.90. The first kappa shape index (κ1) is 12.6. The Balaban J connectivity index is 2.21. The smallest absolute Gasteiger partial charge is 0.198 e. The average molecular weight is 267 g/mol. The zero-order valence-corrected chi connectivity index (χ0v) is 11.3. The number of hydrogen-bond donors (Lipinski definition) is 1. The van der Waals surface area contributed by atoms with Crippen molar-refractivity contribution in [3.63, 3.8) is 0 Å². The Morgan fingerprint density at radius 1 is 1.00 bits per heavy atom. The third-order valence-corrected chi connectivity index (χ3v) is 3.60. The topological polar surface area (TPSA) is 32.9 Å². The van der Waals surface area contributed by atoms with Gasteiger partial charge < -0.3 is 4.98 Å². The fourth-order valence-corrected chi connectivity index (χ4v) is 2.51. The van der Waals surface area contributed by atoms with Crippen LogP contribution in [0.15, 0.2) is 42.6 Å². The molecular weight excluding hydrogens is 253 g/mol. The second-order valence-electron chi connectivity index (χ2n) is 4.97. The first-order valence-corrected chi connectivity index (χ1v) is 6.46. The summed E-state index contributed by atoms with van der Waals surface area (Å²) in [5.74, 6) is -0.729. The fourth-order valence-electron chi connectivity index (χ4n) is 2.51. The van der Waals surface area contributed by atoms with E-state index in [2.05, 4.69) is 4.98 Å².